The average molecular weight is 253 g/mol. The van der Waals surface area contributed by atoms with E-state index in [4.69, 9.17) is 5.11 Å². The predicted molar refractivity (Wildman–Crippen MR) is 65.7 cm³/mol. The van der Waals surface area contributed by atoms with Crippen LogP contribution >= 0.6 is 0 Å². The highest BCUT2D eigenvalue weighted by Crippen LogP contribution is 2.26. The first-order valence-corrected chi connectivity index (χ1v) is 5.26. The van der Waals surface area contributed by atoms with Crippen LogP contribution in [0.1, 0.15) is 19.4 Å². The molecular formula is C11H15N3O4. The lowest BCUT2D eigenvalue weighted by Gasteiger charge is -2.32. The number of aryl methyl sites for hydroxylation is 1. The smallest absolute Gasteiger partial charge is 0.328 e. The van der Waals surface area contributed by atoms with Crippen molar-refractivity contribution in [1.82, 2.24) is 4.98 Å². The first kappa shape index (κ1) is 13.9. The van der Waals surface area contributed by atoms with Crippen LogP contribution in [0.4, 0.5) is 11.5 Å². The highest BCUT2D eigenvalue weighted by Gasteiger charge is 2.33. The molecule has 0 atom stereocenters. The van der Waals surface area contributed by atoms with Crippen molar-refractivity contribution in [1.29, 1.82) is 0 Å². The highest BCUT2D eigenvalue weighted by molar-refractivity contribution is 5.82. The Hall–Kier alpha value is -2.18. The van der Waals surface area contributed by atoms with Crippen molar-refractivity contribution in [3.05, 3.63) is 27.9 Å². The number of carboxylic acids is 1. The van der Waals surface area contributed by atoms with E-state index >= 15 is 0 Å². The standard InChI is InChI=1S/C11H15N3O4/c1-7-6-12-9(5-8(7)14(17)18)13(4)11(2,3)10(15)16/h5-6H,1-4H3,(H,15,16). The molecule has 98 valence electrons. The number of aliphatic carboxylic acids is 1. The van der Waals surface area contributed by atoms with Crippen LogP contribution in [0, 0.1) is 17.0 Å². The Labute approximate surface area is 104 Å². The lowest BCUT2D eigenvalue weighted by molar-refractivity contribution is -0.385. The maximum atomic E-state index is 11.1. The molecule has 0 saturated heterocycles. The Balaban J connectivity index is 3.23. The van der Waals surface area contributed by atoms with Crippen molar-refractivity contribution in [3.8, 4) is 0 Å². The van der Waals surface area contributed by atoms with Gasteiger partial charge in [0.05, 0.1) is 11.0 Å². The Bertz CT molecular complexity index is 499. The lowest BCUT2D eigenvalue weighted by Crippen LogP contribution is -2.48. The van der Waals surface area contributed by atoms with Crippen LogP contribution in [0.3, 0.4) is 0 Å². The summed E-state index contributed by atoms with van der Waals surface area (Å²) in [6, 6.07) is 1.28. The Morgan fingerprint density at radius 3 is 2.56 bits per heavy atom. The molecule has 1 N–H and O–H groups in total. The minimum absolute atomic E-state index is 0.0759. The third kappa shape index (κ3) is 2.39. The van der Waals surface area contributed by atoms with Crippen molar-refractivity contribution in [2.45, 2.75) is 26.3 Å². The number of nitrogens with zero attached hydrogens (tertiary/aromatic N) is 3. The molecule has 0 radical (unpaired) electrons. The molecule has 0 amide bonds. The van der Waals surface area contributed by atoms with E-state index in [1.54, 1.807) is 6.92 Å². The summed E-state index contributed by atoms with van der Waals surface area (Å²) in [6.45, 7) is 4.59. The minimum Gasteiger partial charge on any atom is -0.480 e. The highest BCUT2D eigenvalue weighted by atomic mass is 16.6. The average Bonchev–Trinajstić information content (AvgIpc) is 2.28. The van der Waals surface area contributed by atoms with Gasteiger partial charge in [-0.1, -0.05) is 0 Å². The van der Waals surface area contributed by atoms with Crippen molar-refractivity contribution in [3.63, 3.8) is 0 Å². The van der Waals surface area contributed by atoms with Gasteiger partial charge in [-0.05, 0) is 20.8 Å². The second kappa shape index (κ2) is 4.59. The van der Waals surface area contributed by atoms with E-state index in [0.29, 0.717) is 5.56 Å². The molecule has 0 spiro atoms. The van der Waals surface area contributed by atoms with Gasteiger partial charge in [0, 0.05) is 18.8 Å². The number of aromatic nitrogens is 1. The fourth-order valence-electron chi connectivity index (χ4n) is 1.31. The summed E-state index contributed by atoms with van der Waals surface area (Å²) >= 11 is 0. The molecule has 0 aliphatic rings. The van der Waals surface area contributed by atoms with Gasteiger partial charge in [-0.3, -0.25) is 10.1 Å². The zero-order valence-electron chi connectivity index (χ0n) is 10.7. The van der Waals surface area contributed by atoms with Crippen LogP contribution in [-0.2, 0) is 4.79 Å². The van der Waals surface area contributed by atoms with Crippen LogP contribution in [0.15, 0.2) is 12.3 Å². The maximum absolute atomic E-state index is 11.1. The van der Waals surface area contributed by atoms with E-state index in [0.717, 1.165) is 0 Å². The maximum Gasteiger partial charge on any atom is 0.328 e. The molecule has 18 heavy (non-hydrogen) atoms. The molecule has 0 unspecified atom stereocenters. The molecule has 1 aromatic rings. The van der Waals surface area contributed by atoms with Crippen LogP contribution < -0.4 is 4.90 Å². The molecule has 0 bridgehead atoms. The Morgan fingerprint density at radius 2 is 2.11 bits per heavy atom. The second-order valence-electron chi connectivity index (χ2n) is 4.51. The molecule has 1 heterocycles. The van der Waals surface area contributed by atoms with Crippen molar-refractivity contribution < 1.29 is 14.8 Å². The molecule has 0 saturated carbocycles. The number of rotatable bonds is 4. The van der Waals surface area contributed by atoms with E-state index < -0.39 is 16.4 Å². The van der Waals surface area contributed by atoms with Gasteiger partial charge in [-0.15, -0.1) is 0 Å². The normalized spacial score (nSPS) is 11.1. The zero-order valence-corrected chi connectivity index (χ0v) is 10.7. The predicted octanol–water partition coefficient (Wildman–Crippen LogP) is 1.60. The summed E-state index contributed by atoms with van der Waals surface area (Å²) in [5, 5.41) is 19.9. The number of hydrogen-bond acceptors (Lipinski definition) is 5. The SMILES string of the molecule is Cc1cnc(N(C)C(C)(C)C(=O)O)cc1[N+](=O)[O-]. The van der Waals surface area contributed by atoms with Crippen molar-refractivity contribution in [2.75, 3.05) is 11.9 Å². The van der Waals surface area contributed by atoms with E-state index in [2.05, 4.69) is 4.98 Å². The number of carboxylic acid groups (broad SMARTS) is 1. The fraction of sp³-hybridized carbons (Fsp3) is 0.455. The molecule has 0 aliphatic heterocycles. The number of pyridine rings is 1. The zero-order chi connectivity index (χ0) is 14.1. The van der Waals surface area contributed by atoms with Crippen LogP contribution in [-0.4, -0.2) is 33.6 Å². The monoisotopic (exact) mass is 253 g/mol. The van der Waals surface area contributed by atoms with E-state index in [1.165, 1.54) is 38.1 Å². The molecule has 0 aromatic carbocycles. The second-order valence-corrected chi connectivity index (χ2v) is 4.51. The molecule has 1 rings (SSSR count). The number of nitro groups is 1. The first-order chi connectivity index (χ1) is 8.17. The van der Waals surface area contributed by atoms with Crippen LogP contribution in [0.25, 0.3) is 0 Å². The van der Waals surface area contributed by atoms with Gasteiger partial charge in [0.2, 0.25) is 0 Å². The summed E-state index contributed by atoms with van der Waals surface area (Å²) in [5.74, 6) is -0.783. The summed E-state index contributed by atoms with van der Waals surface area (Å²) in [7, 11) is 1.54. The third-order valence-corrected chi connectivity index (χ3v) is 2.96. The largest absolute Gasteiger partial charge is 0.480 e. The Kier molecular flexibility index (Phi) is 3.54. The quantitative estimate of drug-likeness (QED) is 0.646. The fourth-order valence-corrected chi connectivity index (χ4v) is 1.31. The van der Waals surface area contributed by atoms with E-state index in [-0.39, 0.29) is 11.5 Å². The molecular weight excluding hydrogens is 238 g/mol. The molecule has 0 aliphatic carbocycles. The van der Waals surface area contributed by atoms with E-state index in [9.17, 15) is 14.9 Å². The van der Waals surface area contributed by atoms with Gasteiger partial charge >= 0.3 is 5.97 Å². The van der Waals surface area contributed by atoms with Gasteiger partial charge in [0.15, 0.2) is 0 Å². The number of anilines is 1. The molecule has 7 heteroatoms. The van der Waals surface area contributed by atoms with Gasteiger partial charge in [-0.2, -0.15) is 0 Å². The topological polar surface area (TPSA) is 96.6 Å². The Morgan fingerprint density at radius 1 is 1.56 bits per heavy atom. The lowest BCUT2D eigenvalue weighted by atomic mass is 10.0. The summed E-state index contributed by atoms with van der Waals surface area (Å²) in [6.07, 6.45) is 1.36. The molecule has 0 fully saturated rings. The van der Waals surface area contributed by atoms with Crippen LogP contribution in [0.2, 0.25) is 0 Å². The van der Waals surface area contributed by atoms with Gasteiger partial charge < -0.3 is 10.0 Å². The van der Waals surface area contributed by atoms with Crippen molar-refractivity contribution >= 4 is 17.5 Å². The number of hydrogen-bond donors (Lipinski definition) is 1. The van der Waals surface area contributed by atoms with Gasteiger partial charge in [0.1, 0.15) is 11.4 Å². The van der Waals surface area contributed by atoms with Gasteiger partial charge in [-0.25, -0.2) is 9.78 Å². The summed E-state index contributed by atoms with van der Waals surface area (Å²) in [4.78, 5) is 26.8. The third-order valence-electron chi connectivity index (χ3n) is 2.96. The van der Waals surface area contributed by atoms with Gasteiger partial charge in [0.25, 0.3) is 5.69 Å². The number of likely N-dealkylation sites (N-methyl/N-ethyl adjacent to an activating group) is 1. The number of carbonyl (C=O) groups is 1. The van der Waals surface area contributed by atoms with Crippen LogP contribution in [0.5, 0.6) is 0 Å². The molecule has 7 nitrogen and oxygen atoms in total. The molecule has 1 aromatic heterocycles. The van der Waals surface area contributed by atoms with E-state index in [1.807, 2.05) is 0 Å². The van der Waals surface area contributed by atoms with Crippen molar-refractivity contribution in [2.24, 2.45) is 0 Å². The summed E-state index contributed by atoms with van der Waals surface area (Å²) in [5.41, 5.74) is -0.839. The first-order valence-electron chi connectivity index (χ1n) is 5.26. The summed E-state index contributed by atoms with van der Waals surface area (Å²) < 4.78 is 0. The minimum atomic E-state index is -1.20.